The lowest BCUT2D eigenvalue weighted by Gasteiger charge is -2.34. The molecule has 0 radical (unpaired) electrons. The van der Waals surface area contributed by atoms with Gasteiger partial charge in [-0.2, -0.15) is 0 Å². The number of aromatic nitrogens is 2. The summed E-state index contributed by atoms with van der Waals surface area (Å²) >= 11 is 0. The summed E-state index contributed by atoms with van der Waals surface area (Å²) in [6.45, 7) is 0. The molecule has 0 unspecified atom stereocenters. The molecule has 0 saturated carbocycles. The molecule has 2 heterocycles. The van der Waals surface area contributed by atoms with Crippen LogP contribution in [0, 0.1) is 0 Å². The maximum atomic E-state index is 12.1. The predicted molar refractivity (Wildman–Crippen MR) is 74.7 cm³/mol. The highest BCUT2D eigenvalue weighted by Gasteiger charge is 2.43. The van der Waals surface area contributed by atoms with Gasteiger partial charge in [0.25, 0.3) is 17.4 Å². The van der Waals surface area contributed by atoms with Crippen molar-refractivity contribution in [3.05, 3.63) is 20.8 Å². The number of nitrogens with zero attached hydrogens (tertiary/aromatic N) is 4. The van der Waals surface area contributed by atoms with Crippen molar-refractivity contribution in [2.45, 2.75) is 6.04 Å². The van der Waals surface area contributed by atoms with Gasteiger partial charge in [-0.25, -0.2) is 9.59 Å². The molecule has 11 nitrogen and oxygen atoms in total. The van der Waals surface area contributed by atoms with E-state index in [4.69, 9.17) is 0 Å². The molecule has 23 heavy (non-hydrogen) atoms. The number of anilines is 1. The summed E-state index contributed by atoms with van der Waals surface area (Å²) in [4.78, 5) is 60.8. The van der Waals surface area contributed by atoms with Crippen LogP contribution in [0.5, 0.6) is 5.88 Å². The summed E-state index contributed by atoms with van der Waals surface area (Å²) in [6.07, 6.45) is 0. The molecule has 0 aromatic carbocycles. The summed E-state index contributed by atoms with van der Waals surface area (Å²) in [5.41, 5.74) is -2.41. The minimum atomic E-state index is -1.61. The second kappa shape index (κ2) is 5.26. The molecule has 4 amide bonds. The Kier molecular flexibility index (Phi) is 3.72. The summed E-state index contributed by atoms with van der Waals surface area (Å²) < 4.78 is 1.33. The normalized spacial score (nSPS) is 16.3. The molecule has 1 aliphatic heterocycles. The molecule has 1 aromatic heterocycles. The third-order valence-electron chi connectivity index (χ3n) is 3.63. The van der Waals surface area contributed by atoms with E-state index in [2.05, 4.69) is 5.32 Å². The van der Waals surface area contributed by atoms with Gasteiger partial charge >= 0.3 is 11.7 Å². The van der Waals surface area contributed by atoms with E-state index >= 15 is 0 Å². The lowest BCUT2D eigenvalue weighted by atomic mass is 10.1. The first kappa shape index (κ1) is 16.3. The van der Waals surface area contributed by atoms with Crippen LogP contribution in [0.2, 0.25) is 0 Å². The number of carbonyl (C=O) groups is 3. The number of carbonyl (C=O) groups excluding carboxylic acids is 3. The van der Waals surface area contributed by atoms with E-state index in [9.17, 15) is 29.1 Å². The van der Waals surface area contributed by atoms with E-state index in [1.165, 1.54) is 14.1 Å². The van der Waals surface area contributed by atoms with Gasteiger partial charge in [0.15, 0.2) is 6.04 Å². The van der Waals surface area contributed by atoms with Gasteiger partial charge < -0.3 is 15.0 Å². The third kappa shape index (κ3) is 2.25. The quantitative estimate of drug-likeness (QED) is 0.572. The van der Waals surface area contributed by atoms with Crippen LogP contribution in [0.15, 0.2) is 9.59 Å². The molecule has 1 saturated heterocycles. The number of likely N-dealkylation sites (N-methyl/N-ethyl adjacent to an activating group) is 2. The second-order valence-corrected chi connectivity index (χ2v) is 5.04. The van der Waals surface area contributed by atoms with E-state index in [-0.39, 0.29) is 0 Å². The number of urea groups is 1. The molecule has 1 aromatic rings. The second-order valence-electron chi connectivity index (χ2n) is 5.04. The molecule has 2 rings (SSSR count). The average Bonchev–Trinajstić information content (AvgIpc) is 2.54. The van der Waals surface area contributed by atoms with Gasteiger partial charge in [0, 0.05) is 28.2 Å². The first-order valence-electron chi connectivity index (χ1n) is 6.42. The Morgan fingerprint density at radius 2 is 1.35 bits per heavy atom. The van der Waals surface area contributed by atoms with Gasteiger partial charge in [-0.3, -0.25) is 28.8 Å². The highest BCUT2D eigenvalue weighted by molar-refractivity contribution is 6.19. The molecular formula is C12H14N5O6-. The van der Waals surface area contributed by atoms with E-state index in [0.29, 0.717) is 18.9 Å². The Morgan fingerprint density at radius 3 is 1.83 bits per heavy atom. The fourth-order valence-electron chi connectivity index (χ4n) is 2.12. The first-order chi connectivity index (χ1) is 10.6. The molecule has 1 aliphatic rings. The van der Waals surface area contributed by atoms with Crippen molar-refractivity contribution in [2.75, 3.05) is 19.4 Å². The molecule has 0 aliphatic carbocycles. The lowest BCUT2D eigenvalue weighted by molar-refractivity contribution is -0.278. The number of hydrogen-bond donors (Lipinski definition) is 1. The monoisotopic (exact) mass is 324 g/mol. The Bertz CT molecular complexity index is 814. The van der Waals surface area contributed by atoms with Gasteiger partial charge in [0.1, 0.15) is 5.69 Å². The molecule has 1 N–H and O–H groups in total. The zero-order valence-electron chi connectivity index (χ0n) is 12.8. The standard InChI is InChI=1S/C12H15N5O6/c1-14-7(18)5(8(19)15(2)11(14)22)13-6-9(20)16(3)12(23)17(4)10(6)21/h5,13,20H,1-4H3/p-1. The minimum absolute atomic E-state index is 0.600. The number of amides is 4. The van der Waals surface area contributed by atoms with Crippen LogP contribution in [0.25, 0.3) is 0 Å². The van der Waals surface area contributed by atoms with Crippen LogP contribution in [-0.4, -0.2) is 56.9 Å². The minimum Gasteiger partial charge on any atom is -0.858 e. The van der Waals surface area contributed by atoms with E-state index in [1.807, 2.05) is 0 Å². The van der Waals surface area contributed by atoms with Gasteiger partial charge in [-0.15, -0.1) is 0 Å². The summed E-state index contributed by atoms with van der Waals surface area (Å²) in [7, 11) is 4.64. The van der Waals surface area contributed by atoms with Crippen LogP contribution in [0.4, 0.5) is 10.5 Å². The third-order valence-corrected chi connectivity index (χ3v) is 3.63. The van der Waals surface area contributed by atoms with Crippen LogP contribution < -0.4 is 21.7 Å². The van der Waals surface area contributed by atoms with Crippen molar-refractivity contribution in [2.24, 2.45) is 14.1 Å². The predicted octanol–water partition coefficient (Wildman–Crippen LogP) is -3.01. The van der Waals surface area contributed by atoms with Gasteiger partial charge in [0.05, 0.1) is 0 Å². The van der Waals surface area contributed by atoms with E-state index in [0.717, 1.165) is 14.1 Å². The number of imide groups is 2. The first-order valence-corrected chi connectivity index (χ1v) is 6.42. The molecular weight excluding hydrogens is 310 g/mol. The number of rotatable bonds is 2. The Morgan fingerprint density at radius 1 is 0.870 bits per heavy atom. The fraction of sp³-hybridized carbons (Fsp3) is 0.417. The lowest BCUT2D eigenvalue weighted by Crippen LogP contribution is -2.62. The van der Waals surface area contributed by atoms with E-state index in [1.54, 1.807) is 0 Å². The Balaban J connectivity index is 2.53. The summed E-state index contributed by atoms with van der Waals surface area (Å²) in [6, 6.07) is -2.44. The molecule has 0 bridgehead atoms. The zero-order chi connectivity index (χ0) is 17.6. The van der Waals surface area contributed by atoms with Crippen molar-refractivity contribution in [1.29, 1.82) is 0 Å². The van der Waals surface area contributed by atoms with E-state index < -0.39 is 46.7 Å². The Labute approximate surface area is 129 Å². The van der Waals surface area contributed by atoms with Crippen LogP contribution in [0.3, 0.4) is 0 Å². The molecule has 1 fully saturated rings. The largest absolute Gasteiger partial charge is 0.858 e. The average molecular weight is 324 g/mol. The zero-order valence-corrected chi connectivity index (χ0v) is 12.8. The summed E-state index contributed by atoms with van der Waals surface area (Å²) in [5.74, 6) is -2.79. The van der Waals surface area contributed by atoms with Gasteiger partial charge in [-0.05, 0) is 5.88 Å². The molecule has 0 atom stereocenters. The van der Waals surface area contributed by atoms with Crippen LogP contribution in [0.1, 0.15) is 0 Å². The van der Waals surface area contributed by atoms with Crippen molar-refractivity contribution in [3.63, 3.8) is 0 Å². The number of barbiturate groups is 1. The van der Waals surface area contributed by atoms with Crippen molar-refractivity contribution in [3.8, 4) is 5.88 Å². The topological polar surface area (TPSA) is 137 Å². The van der Waals surface area contributed by atoms with Crippen molar-refractivity contribution in [1.82, 2.24) is 18.9 Å². The SMILES string of the molecule is CN1C(=O)C(Nc2c([O-])n(C)c(=O)n(C)c2=O)C(=O)N(C)C1=O. The van der Waals surface area contributed by atoms with Gasteiger partial charge in [-0.1, -0.05) is 0 Å². The molecule has 0 spiro atoms. The highest BCUT2D eigenvalue weighted by atomic mass is 16.3. The Hall–Kier alpha value is -3.11. The van der Waals surface area contributed by atoms with Gasteiger partial charge in [0.2, 0.25) is 0 Å². The number of nitrogens with one attached hydrogen (secondary N) is 1. The van der Waals surface area contributed by atoms with Crippen molar-refractivity contribution >= 4 is 23.5 Å². The maximum Gasteiger partial charge on any atom is 0.332 e. The smallest absolute Gasteiger partial charge is 0.332 e. The highest BCUT2D eigenvalue weighted by Crippen LogP contribution is 2.17. The fourth-order valence-corrected chi connectivity index (χ4v) is 2.12. The molecule has 11 heteroatoms. The molecule has 124 valence electrons. The van der Waals surface area contributed by atoms with Crippen LogP contribution in [-0.2, 0) is 23.7 Å². The maximum absolute atomic E-state index is 12.1. The summed E-state index contributed by atoms with van der Waals surface area (Å²) in [5, 5.41) is 14.3. The van der Waals surface area contributed by atoms with Crippen LogP contribution >= 0.6 is 0 Å². The van der Waals surface area contributed by atoms with Crippen molar-refractivity contribution < 1.29 is 19.5 Å². The number of hydrogen-bond acceptors (Lipinski definition) is 7.